The Morgan fingerprint density at radius 2 is 1.26 bits per heavy atom. The van der Waals surface area contributed by atoms with E-state index in [2.05, 4.69) is 59.0 Å². The second-order valence-corrected chi connectivity index (χ2v) is 5.58. The molecule has 2 aromatic carbocycles. The predicted molar refractivity (Wildman–Crippen MR) is 91.7 cm³/mol. The number of alkyl halides is 3. The Balaban J connectivity index is 0.000000509. The third kappa shape index (κ3) is 12.1. The minimum atomic E-state index is -3.67. The molecule has 2 rings (SSSR count). The van der Waals surface area contributed by atoms with Crippen molar-refractivity contribution in [3.63, 3.8) is 0 Å². The summed E-state index contributed by atoms with van der Waals surface area (Å²) in [7, 11) is -1.45. The van der Waals surface area contributed by atoms with Crippen LogP contribution >= 0.6 is 30.8 Å². The molecule has 0 saturated heterocycles. The van der Waals surface area contributed by atoms with Crippen molar-refractivity contribution in [2.75, 3.05) is 7.11 Å². The first kappa shape index (κ1) is 21.9. The van der Waals surface area contributed by atoms with E-state index in [4.69, 9.17) is 19.1 Å². The molecule has 23 heavy (non-hydrogen) atoms. The van der Waals surface area contributed by atoms with Crippen molar-refractivity contribution in [2.24, 2.45) is 0 Å². The van der Waals surface area contributed by atoms with E-state index in [9.17, 15) is 13.2 Å². The van der Waals surface area contributed by atoms with E-state index in [-0.39, 0.29) is 0 Å². The summed E-state index contributed by atoms with van der Waals surface area (Å²) < 4.78 is 44.1. The predicted octanol–water partition coefficient (Wildman–Crippen LogP) is 4.51. The molecule has 0 unspecified atom stereocenters. The summed E-state index contributed by atoms with van der Waals surface area (Å²) in [5.41, 5.74) is 2.45. The van der Waals surface area contributed by atoms with Gasteiger partial charge in [0.15, 0.2) is 0 Å². The molecule has 128 valence electrons. The molecule has 0 aliphatic heterocycles. The third-order valence-electron chi connectivity index (χ3n) is 2.27. The zero-order valence-electron chi connectivity index (χ0n) is 11.9. The van der Waals surface area contributed by atoms with Crippen LogP contribution in [-0.2, 0) is 4.57 Å². The number of rotatable bonds is 2. The zero-order valence-corrected chi connectivity index (χ0v) is 15.1. The minimum Gasteiger partial charge on any atom is -0.497 e. The van der Waals surface area contributed by atoms with E-state index in [0.29, 0.717) is 0 Å². The SMILES string of the molecule is COc1ccc(-c2ccc(I)cc2)cc1.FC(F)F.O=[PH](O)O. The second-order valence-electron chi connectivity index (χ2n) is 3.77. The molecule has 0 aliphatic rings. The summed E-state index contributed by atoms with van der Waals surface area (Å²) >= 11 is 2.31. The Kier molecular flexibility index (Phi) is 11.8. The van der Waals surface area contributed by atoms with Crippen molar-refractivity contribution in [1.29, 1.82) is 0 Å². The molecule has 0 heterocycles. The van der Waals surface area contributed by atoms with E-state index in [1.807, 2.05) is 12.1 Å². The smallest absolute Gasteiger partial charge is 0.379 e. The van der Waals surface area contributed by atoms with Crippen LogP contribution in [-0.4, -0.2) is 23.6 Å². The first-order valence-electron chi connectivity index (χ1n) is 6.00. The van der Waals surface area contributed by atoms with Crippen molar-refractivity contribution >= 4 is 30.8 Å². The zero-order chi connectivity index (χ0) is 17.8. The van der Waals surface area contributed by atoms with E-state index in [1.54, 1.807) is 7.11 Å². The van der Waals surface area contributed by atoms with Gasteiger partial charge in [0.25, 0.3) is 0 Å². The van der Waals surface area contributed by atoms with Crippen LogP contribution in [0.1, 0.15) is 0 Å². The van der Waals surface area contributed by atoms with Gasteiger partial charge in [-0.25, -0.2) is 0 Å². The van der Waals surface area contributed by atoms with Crippen LogP contribution in [0, 0.1) is 3.57 Å². The van der Waals surface area contributed by atoms with Gasteiger partial charge in [0.1, 0.15) is 5.75 Å². The van der Waals surface area contributed by atoms with Crippen LogP contribution in [0.3, 0.4) is 0 Å². The molecule has 0 fully saturated rings. The maximum atomic E-state index is 9.67. The maximum absolute atomic E-state index is 9.67. The van der Waals surface area contributed by atoms with Crippen molar-refractivity contribution in [3.05, 3.63) is 52.1 Å². The normalized spacial score (nSPS) is 9.61. The highest BCUT2D eigenvalue weighted by Gasteiger charge is 1.97. The molecule has 0 atom stereocenters. The van der Waals surface area contributed by atoms with Crippen LogP contribution in [0.2, 0.25) is 0 Å². The molecular formula is C14H15F3IO4P. The summed E-state index contributed by atoms with van der Waals surface area (Å²) in [6, 6.07) is 16.6. The van der Waals surface area contributed by atoms with Crippen LogP contribution in [0.25, 0.3) is 11.1 Å². The first-order chi connectivity index (χ1) is 10.8. The lowest BCUT2D eigenvalue weighted by Gasteiger charge is -2.03. The van der Waals surface area contributed by atoms with E-state index >= 15 is 0 Å². The lowest BCUT2D eigenvalue weighted by molar-refractivity contribution is 0.00819. The summed E-state index contributed by atoms with van der Waals surface area (Å²) in [5, 5.41) is 0. The highest BCUT2D eigenvalue weighted by molar-refractivity contribution is 14.1. The molecule has 0 spiro atoms. The molecule has 2 N–H and O–H groups in total. The van der Waals surface area contributed by atoms with Gasteiger partial charge in [-0.2, -0.15) is 13.2 Å². The van der Waals surface area contributed by atoms with Gasteiger partial charge in [-0.05, 0) is 58.0 Å². The molecule has 0 amide bonds. The van der Waals surface area contributed by atoms with Crippen LogP contribution in [0.4, 0.5) is 13.2 Å². The van der Waals surface area contributed by atoms with Gasteiger partial charge in [0, 0.05) is 3.57 Å². The molecule has 0 saturated carbocycles. The van der Waals surface area contributed by atoms with E-state index in [0.717, 1.165) is 5.75 Å². The summed E-state index contributed by atoms with van der Waals surface area (Å²) in [6.07, 6.45) is 0. The lowest BCUT2D eigenvalue weighted by atomic mass is 10.1. The Bertz CT molecular complexity index is 573. The highest BCUT2D eigenvalue weighted by Crippen LogP contribution is 2.22. The molecule has 0 bridgehead atoms. The molecule has 0 aliphatic carbocycles. The Morgan fingerprint density at radius 3 is 1.57 bits per heavy atom. The van der Waals surface area contributed by atoms with Gasteiger partial charge in [-0.1, -0.05) is 24.3 Å². The molecule has 4 nitrogen and oxygen atoms in total. The summed E-state index contributed by atoms with van der Waals surface area (Å²) in [5.74, 6) is 0.893. The number of halogens is 4. The number of methoxy groups -OCH3 is 1. The van der Waals surface area contributed by atoms with Crippen molar-refractivity contribution in [2.45, 2.75) is 6.68 Å². The van der Waals surface area contributed by atoms with Crippen molar-refractivity contribution < 1.29 is 32.3 Å². The number of benzene rings is 2. The molecule has 2 aromatic rings. The summed E-state index contributed by atoms with van der Waals surface area (Å²) in [4.78, 5) is 14.3. The Morgan fingerprint density at radius 1 is 0.957 bits per heavy atom. The summed E-state index contributed by atoms with van der Waals surface area (Å²) in [6.45, 7) is -3.67. The van der Waals surface area contributed by atoms with Gasteiger partial charge >= 0.3 is 14.9 Å². The fourth-order valence-electron chi connectivity index (χ4n) is 1.43. The van der Waals surface area contributed by atoms with Crippen LogP contribution < -0.4 is 4.74 Å². The lowest BCUT2D eigenvalue weighted by Crippen LogP contribution is -1.82. The standard InChI is InChI=1S/C13H11IO.CHF3.H3O3P/c1-15-13-8-4-11(5-9-13)10-2-6-12(14)7-3-10;2-1(3)4;1-4(2)3/h2-9H,1H3;1H;4H,(H2,1,2,3). The van der Waals surface area contributed by atoms with Crippen molar-refractivity contribution in [3.8, 4) is 16.9 Å². The largest absolute Gasteiger partial charge is 0.497 e. The number of hydrogen-bond acceptors (Lipinski definition) is 2. The fraction of sp³-hybridized carbons (Fsp3) is 0.143. The Hall–Kier alpha value is -1.09. The van der Waals surface area contributed by atoms with Gasteiger partial charge in [0.05, 0.1) is 7.11 Å². The number of ether oxygens (including phenoxy) is 1. The molecule has 0 aromatic heterocycles. The number of hydrogen-bond donors (Lipinski definition) is 2. The first-order valence-corrected chi connectivity index (χ1v) is 8.38. The maximum Gasteiger partial charge on any atom is 0.379 e. The van der Waals surface area contributed by atoms with Gasteiger partial charge in [0.2, 0.25) is 0 Å². The third-order valence-corrected chi connectivity index (χ3v) is 2.99. The van der Waals surface area contributed by atoms with Gasteiger partial charge in [-0.3, -0.25) is 4.57 Å². The topological polar surface area (TPSA) is 66.8 Å². The Labute approximate surface area is 146 Å². The average molecular weight is 462 g/mol. The monoisotopic (exact) mass is 462 g/mol. The van der Waals surface area contributed by atoms with Crippen LogP contribution in [0.5, 0.6) is 5.75 Å². The average Bonchev–Trinajstić information content (AvgIpc) is 2.47. The highest BCUT2D eigenvalue weighted by atomic mass is 127. The quantitative estimate of drug-likeness (QED) is 0.510. The van der Waals surface area contributed by atoms with Gasteiger partial charge < -0.3 is 14.5 Å². The van der Waals surface area contributed by atoms with Crippen molar-refractivity contribution in [1.82, 2.24) is 0 Å². The molecule has 0 radical (unpaired) electrons. The molecule has 9 heteroatoms. The van der Waals surface area contributed by atoms with Gasteiger partial charge in [-0.15, -0.1) is 0 Å². The van der Waals surface area contributed by atoms with Crippen LogP contribution in [0.15, 0.2) is 48.5 Å². The van der Waals surface area contributed by atoms with E-state index < -0.39 is 14.9 Å². The minimum absolute atomic E-state index is 0.893. The van der Waals surface area contributed by atoms with E-state index in [1.165, 1.54) is 14.7 Å². The second kappa shape index (κ2) is 12.3. The molecular weight excluding hydrogens is 447 g/mol. The fourth-order valence-corrected chi connectivity index (χ4v) is 1.79.